The minimum atomic E-state index is 0.248. The number of ether oxygens (including phenoxy) is 1. The maximum Gasteiger partial charge on any atom is 0.260 e. The number of halogens is 1. The number of thioether (sulfide) groups is 1. The van der Waals surface area contributed by atoms with Gasteiger partial charge in [-0.3, -0.25) is 0 Å². The van der Waals surface area contributed by atoms with Gasteiger partial charge in [-0.15, -0.1) is 4.37 Å². The lowest BCUT2D eigenvalue weighted by atomic mass is 10.1. The van der Waals surface area contributed by atoms with E-state index in [0.29, 0.717) is 11.9 Å². The van der Waals surface area contributed by atoms with Crippen LogP contribution in [0.25, 0.3) is 0 Å². The molecule has 0 radical (unpaired) electrons. The van der Waals surface area contributed by atoms with E-state index in [0.717, 1.165) is 34.7 Å². The van der Waals surface area contributed by atoms with Crippen molar-refractivity contribution in [2.24, 2.45) is 5.92 Å². The fourth-order valence-corrected chi connectivity index (χ4v) is 4.74. The van der Waals surface area contributed by atoms with Crippen LogP contribution in [0, 0.1) is 5.92 Å². The van der Waals surface area contributed by atoms with Crippen LogP contribution in [0.1, 0.15) is 18.4 Å². The number of hydrogen-bond acceptors (Lipinski definition) is 6. The van der Waals surface area contributed by atoms with Crippen LogP contribution in [0.4, 0.5) is 0 Å². The van der Waals surface area contributed by atoms with Crippen molar-refractivity contribution in [3.05, 3.63) is 34.9 Å². The van der Waals surface area contributed by atoms with Crippen LogP contribution < -0.4 is 10.1 Å². The fraction of sp³-hybridized carbons (Fsp3) is 0.467. The summed E-state index contributed by atoms with van der Waals surface area (Å²) in [6.45, 7) is 1.14. The number of aromatic nitrogens is 2. The second-order valence-electron chi connectivity index (χ2n) is 5.80. The van der Waals surface area contributed by atoms with Gasteiger partial charge in [0.2, 0.25) is 0 Å². The summed E-state index contributed by atoms with van der Waals surface area (Å²) in [6.07, 6.45) is 2.61. The Morgan fingerprint density at radius 1 is 1.27 bits per heavy atom. The molecule has 0 unspecified atom stereocenters. The van der Waals surface area contributed by atoms with Gasteiger partial charge in [0, 0.05) is 16.8 Å². The molecule has 2 aliphatic rings. The molecule has 4 rings (SSSR count). The Labute approximate surface area is 142 Å². The molecule has 2 fully saturated rings. The molecule has 1 aromatic carbocycles. The first kappa shape index (κ1) is 14.8. The zero-order valence-corrected chi connectivity index (χ0v) is 14.3. The van der Waals surface area contributed by atoms with Gasteiger partial charge in [-0.05, 0) is 43.0 Å². The number of hydrogen-bond donors (Lipinski definition) is 1. The lowest BCUT2D eigenvalue weighted by Crippen LogP contribution is -2.40. The first-order chi connectivity index (χ1) is 10.8. The summed E-state index contributed by atoms with van der Waals surface area (Å²) < 4.78 is 14.8. The third kappa shape index (κ3) is 3.11. The van der Waals surface area contributed by atoms with E-state index in [1.165, 1.54) is 23.7 Å². The Morgan fingerprint density at radius 2 is 2.14 bits per heavy atom. The smallest absolute Gasteiger partial charge is 0.260 e. The number of nitrogens with one attached hydrogen (secondary N) is 1. The van der Waals surface area contributed by atoms with Crippen LogP contribution in [-0.2, 0) is 5.75 Å². The average molecular weight is 354 g/mol. The highest BCUT2D eigenvalue weighted by Gasteiger charge is 2.41. The molecule has 7 heteroatoms. The summed E-state index contributed by atoms with van der Waals surface area (Å²) in [5.41, 5.74) is 1.22. The normalized spacial score (nSPS) is 26.5. The maximum atomic E-state index is 6.12. The predicted molar refractivity (Wildman–Crippen MR) is 89.9 cm³/mol. The molecule has 1 aromatic heterocycles. The minimum Gasteiger partial charge on any atom is -0.470 e. The predicted octanol–water partition coefficient (Wildman–Crippen LogP) is 3.61. The quantitative estimate of drug-likeness (QED) is 0.832. The van der Waals surface area contributed by atoms with Crippen molar-refractivity contribution < 1.29 is 4.74 Å². The van der Waals surface area contributed by atoms with Crippen LogP contribution in [0.15, 0.2) is 29.3 Å². The summed E-state index contributed by atoms with van der Waals surface area (Å²) in [5.74, 6) is 2.31. The van der Waals surface area contributed by atoms with Crippen LogP contribution in [0.2, 0.25) is 5.02 Å². The van der Waals surface area contributed by atoms with Crippen LogP contribution in [0.5, 0.6) is 5.88 Å². The molecule has 0 amide bonds. The summed E-state index contributed by atoms with van der Waals surface area (Å²) in [5, 5.41) is 5.16. The van der Waals surface area contributed by atoms with Gasteiger partial charge in [-0.2, -0.15) is 4.37 Å². The summed E-state index contributed by atoms with van der Waals surface area (Å²) in [6, 6.07) is 8.38. The van der Waals surface area contributed by atoms with Gasteiger partial charge in [0.05, 0.1) is 11.7 Å². The summed E-state index contributed by atoms with van der Waals surface area (Å²) in [4.78, 5) is 0. The molecule has 3 atom stereocenters. The molecular weight excluding hydrogens is 338 g/mol. The second-order valence-corrected chi connectivity index (χ2v) is 7.73. The number of nitrogens with zero attached hydrogens (tertiary/aromatic N) is 2. The number of fused-ring (bicyclic) bond motifs is 2. The highest BCUT2D eigenvalue weighted by Crippen LogP contribution is 2.36. The molecule has 22 heavy (non-hydrogen) atoms. The number of piperidine rings is 1. The van der Waals surface area contributed by atoms with Crippen molar-refractivity contribution in [2.75, 3.05) is 6.54 Å². The van der Waals surface area contributed by atoms with Gasteiger partial charge in [0.15, 0.2) is 5.03 Å². The zero-order valence-electron chi connectivity index (χ0n) is 11.9. The zero-order chi connectivity index (χ0) is 14.9. The standard InChI is InChI=1S/C15H16ClN3OS2/c16-11-3-1-9(2-4-11)8-21-15-14(18-22-19-15)20-13-6-10-5-12(13)17-7-10/h1-4,10,12-13,17H,5-8H2/t10-,12+,13+/m1/s1. The summed E-state index contributed by atoms with van der Waals surface area (Å²) >= 11 is 8.79. The molecule has 2 bridgehead atoms. The molecule has 1 saturated carbocycles. The third-order valence-electron chi connectivity index (χ3n) is 4.25. The van der Waals surface area contributed by atoms with Crippen LogP contribution in [-0.4, -0.2) is 27.4 Å². The van der Waals surface area contributed by atoms with Gasteiger partial charge in [-0.25, -0.2) is 0 Å². The van der Waals surface area contributed by atoms with E-state index in [1.807, 2.05) is 24.3 Å². The first-order valence-corrected chi connectivity index (χ1v) is 9.47. The van der Waals surface area contributed by atoms with E-state index in [1.54, 1.807) is 11.8 Å². The lowest BCUT2D eigenvalue weighted by molar-refractivity contribution is 0.149. The van der Waals surface area contributed by atoms with E-state index < -0.39 is 0 Å². The van der Waals surface area contributed by atoms with Gasteiger partial charge < -0.3 is 10.1 Å². The molecule has 0 spiro atoms. The molecule has 1 saturated heterocycles. The number of rotatable bonds is 5. The SMILES string of the molecule is Clc1ccc(CSc2nsnc2O[C@H]2C[C@@H]3CN[C@H]2C3)cc1. The van der Waals surface area contributed by atoms with Crippen molar-refractivity contribution in [1.82, 2.24) is 14.1 Å². The maximum absolute atomic E-state index is 6.12. The molecular formula is C15H16ClN3OS2. The summed E-state index contributed by atoms with van der Waals surface area (Å²) in [7, 11) is 0. The Hall–Kier alpha value is -0.820. The Balaban J connectivity index is 1.39. The number of benzene rings is 1. The monoisotopic (exact) mass is 353 g/mol. The average Bonchev–Trinajstić information content (AvgIpc) is 3.24. The van der Waals surface area contributed by atoms with Gasteiger partial charge in [-0.1, -0.05) is 35.5 Å². The van der Waals surface area contributed by atoms with Crippen LogP contribution >= 0.6 is 35.1 Å². The molecule has 1 aliphatic carbocycles. The molecule has 2 aromatic rings. The highest BCUT2D eigenvalue weighted by atomic mass is 35.5. The van der Waals surface area contributed by atoms with Crippen LogP contribution in [0.3, 0.4) is 0 Å². The van der Waals surface area contributed by atoms with Crippen molar-refractivity contribution in [2.45, 2.75) is 35.8 Å². The minimum absolute atomic E-state index is 0.248. The largest absolute Gasteiger partial charge is 0.470 e. The van der Waals surface area contributed by atoms with Gasteiger partial charge in [0.1, 0.15) is 6.10 Å². The van der Waals surface area contributed by atoms with Crippen molar-refractivity contribution >= 4 is 35.1 Å². The van der Waals surface area contributed by atoms with Crippen molar-refractivity contribution in [3.8, 4) is 5.88 Å². The van der Waals surface area contributed by atoms with Crippen molar-refractivity contribution in [1.29, 1.82) is 0 Å². The Morgan fingerprint density at radius 3 is 2.86 bits per heavy atom. The lowest BCUT2D eigenvalue weighted by Gasteiger charge is -2.23. The van der Waals surface area contributed by atoms with E-state index in [9.17, 15) is 0 Å². The van der Waals surface area contributed by atoms with Gasteiger partial charge >= 0.3 is 0 Å². The highest BCUT2D eigenvalue weighted by molar-refractivity contribution is 7.98. The molecule has 4 nitrogen and oxygen atoms in total. The molecule has 1 N–H and O–H groups in total. The first-order valence-electron chi connectivity index (χ1n) is 7.38. The van der Waals surface area contributed by atoms with E-state index in [4.69, 9.17) is 16.3 Å². The Kier molecular flexibility index (Phi) is 4.26. The van der Waals surface area contributed by atoms with Crippen molar-refractivity contribution in [3.63, 3.8) is 0 Å². The fourth-order valence-electron chi connectivity index (χ4n) is 3.14. The van der Waals surface area contributed by atoms with E-state index in [2.05, 4.69) is 14.1 Å². The van der Waals surface area contributed by atoms with E-state index >= 15 is 0 Å². The molecule has 2 heterocycles. The van der Waals surface area contributed by atoms with E-state index in [-0.39, 0.29) is 6.10 Å². The third-order valence-corrected chi connectivity index (χ3v) is 6.15. The topological polar surface area (TPSA) is 47.0 Å². The molecule has 1 aliphatic heterocycles. The van der Waals surface area contributed by atoms with Gasteiger partial charge in [0.25, 0.3) is 5.88 Å². The Bertz CT molecular complexity index is 648. The second kappa shape index (κ2) is 6.35. The molecule has 116 valence electrons.